The van der Waals surface area contributed by atoms with Crippen molar-refractivity contribution in [1.29, 1.82) is 0 Å². The summed E-state index contributed by atoms with van der Waals surface area (Å²) >= 11 is 3.23. The standard InChI is InChI=1S/C14H9BrN2O4S/c15-10-6-9-7-12(14(18)19)17(13(9)16-8-10)22(20,21)11-4-2-1-3-5-11/h1-8H,(H,18,19). The maximum atomic E-state index is 12.8. The molecule has 3 rings (SSSR count). The lowest BCUT2D eigenvalue weighted by atomic mass is 10.3. The Morgan fingerprint density at radius 2 is 1.86 bits per heavy atom. The molecule has 0 aliphatic heterocycles. The minimum Gasteiger partial charge on any atom is -0.477 e. The second-order valence-electron chi connectivity index (χ2n) is 4.48. The first-order valence-electron chi connectivity index (χ1n) is 6.12. The number of carbonyl (C=O) groups is 1. The van der Waals surface area contributed by atoms with E-state index < -0.39 is 16.0 Å². The Morgan fingerprint density at radius 3 is 2.50 bits per heavy atom. The summed E-state index contributed by atoms with van der Waals surface area (Å²) in [6.45, 7) is 0. The second kappa shape index (κ2) is 5.22. The van der Waals surface area contributed by atoms with Crippen LogP contribution in [0, 0.1) is 0 Å². The van der Waals surface area contributed by atoms with E-state index in [0.29, 0.717) is 9.86 Å². The highest BCUT2D eigenvalue weighted by Crippen LogP contribution is 2.26. The van der Waals surface area contributed by atoms with Gasteiger partial charge in [0.05, 0.1) is 4.90 Å². The van der Waals surface area contributed by atoms with Crippen molar-refractivity contribution in [3.05, 3.63) is 58.8 Å². The minimum atomic E-state index is -4.05. The number of carboxylic acids is 1. The maximum absolute atomic E-state index is 12.8. The van der Waals surface area contributed by atoms with Gasteiger partial charge in [0.15, 0.2) is 5.65 Å². The van der Waals surface area contributed by atoms with Crippen molar-refractivity contribution in [2.45, 2.75) is 4.90 Å². The zero-order valence-electron chi connectivity index (χ0n) is 11.0. The van der Waals surface area contributed by atoms with Gasteiger partial charge in [-0.15, -0.1) is 0 Å². The number of carboxylic acid groups (broad SMARTS) is 1. The molecule has 0 radical (unpaired) electrons. The summed E-state index contributed by atoms with van der Waals surface area (Å²) in [5, 5.41) is 9.74. The first-order valence-corrected chi connectivity index (χ1v) is 8.35. The Bertz CT molecular complexity index is 981. The van der Waals surface area contributed by atoms with E-state index in [4.69, 9.17) is 0 Å². The number of rotatable bonds is 3. The molecule has 0 atom stereocenters. The number of halogens is 1. The van der Waals surface area contributed by atoms with Crippen LogP contribution in [0.4, 0.5) is 0 Å². The Hall–Kier alpha value is -2.19. The summed E-state index contributed by atoms with van der Waals surface area (Å²) in [7, 11) is -4.05. The highest BCUT2D eigenvalue weighted by atomic mass is 79.9. The highest BCUT2D eigenvalue weighted by Gasteiger charge is 2.26. The van der Waals surface area contributed by atoms with Crippen LogP contribution in [0.25, 0.3) is 11.0 Å². The molecule has 0 saturated carbocycles. The lowest BCUT2D eigenvalue weighted by molar-refractivity contribution is 0.0689. The van der Waals surface area contributed by atoms with E-state index in [-0.39, 0.29) is 16.2 Å². The molecule has 112 valence electrons. The van der Waals surface area contributed by atoms with Crippen LogP contribution in [0.3, 0.4) is 0 Å². The summed E-state index contributed by atoms with van der Waals surface area (Å²) < 4.78 is 26.9. The van der Waals surface area contributed by atoms with Crippen LogP contribution >= 0.6 is 15.9 Å². The van der Waals surface area contributed by atoms with Gasteiger partial charge in [0.1, 0.15) is 5.69 Å². The van der Waals surface area contributed by atoms with E-state index in [2.05, 4.69) is 20.9 Å². The number of benzene rings is 1. The molecule has 0 aliphatic rings. The number of hydrogen-bond donors (Lipinski definition) is 1. The molecule has 2 heterocycles. The molecule has 2 aromatic heterocycles. The molecule has 0 fully saturated rings. The van der Waals surface area contributed by atoms with E-state index >= 15 is 0 Å². The van der Waals surface area contributed by atoms with Gasteiger partial charge in [-0.25, -0.2) is 22.2 Å². The van der Waals surface area contributed by atoms with Crippen LogP contribution in [0.5, 0.6) is 0 Å². The number of aromatic carboxylic acids is 1. The number of nitrogens with zero attached hydrogens (tertiary/aromatic N) is 2. The number of hydrogen-bond acceptors (Lipinski definition) is 4. The fourth-order valence-electron chi connectivity index (χ4n) is 2.13. The van der Waals surface area contributed by atoms with Gasteiger partial charge >= 0.3 is 5.97 Å². The van der Waals surface area contributed by atoms with Gasteiger partial charge in [-0.3, -0.25) is 0 Å². The third-order valence-electron chi connectivity index (χ3n) is 3.07. The van der Waals surface area contributed by atoms with Crippen molar-refractivity contribution in [1.82, 2.24) is 8.96 Å². The first-order chi connectivity index (χ1) is 10.4. The van der Waals surface area contributed by atoms with Crippen LogP contribution in [0.15, 0.2) is 58.0 Å². The molecule has 0 amide bonds. The van der Waals surface area contributed by atoms with E-state index in [1.165, 1.54) is 24.4 Å². The van der Waals surface area contributed by atoms with Crippen LogP contribution in [0.2, 0.25) is 0 Å². The van der Waals surface area contributed by atoms with Crippen LogP contribution in [-0.2, 0) is 10.0 Å². The smallest absolute Gasteiger partial charge is 0.353 e. The minimum absolute atomic E-state index is 0.000260. The van der Waals surface area contributed by atoms with Gasteiger partial charge in [0.2, 0.25) is 0 Å². The van der Waals surface area contributed by atoms with Crippen LogP contribution in [-0.4, -0.2) is 28.5 Å². The third-order valence-corrected chi connectivity index (χ3v) is 5.22. The molecular formula is C14H9BrN2O4S. The highest BCUT2D eigenvalue weighted by molar-refractivity contribution is 9.10. The van der Waals surface area contributed by atoms with E-state index in [1.807, 2.05) is 0 Å². The van der Waals surface area contributed by atoms with E-state index in [0.717, 1.165) is 3.97 Å². The number of fused-ring (bicyclic) bond motifs is 1. The van der Waals surface area contributed by atoms with Gasteiger partial charge in [-0.2, -0.15) is 0 Å². The molecule has 0 unspecified atom stereocenters. The predicted octanol–water partition coefficient (Wildman–Crippen LogP) is 2.73. The fourth-order valence-corrected chi connectivity index (χ4v) is 3.96. The molecular weight excluding hydrogens is 372 g/mol. The topological polar surface area (TPSA) is 89.3 Å². The Morgan fingerprint density at radius 1 is 1.18 bits per heavy atom. The molecule has 0 saturated heterocycles. The Kier molecular flexibility index (Phi) is 3.50. The number of pyridine rings is 1. The summed E-state index contributed by atoms with van der Waals surface area (Å²) in [6, 6.07) is 10.5. The molecule has 0 spiro atoms. The van der Waals surface area contributed by atoms with Gasteiger partial charge < -0.3 is 5.11 Å². The first kappa shape index (κ1) is 14.7. The predicted molar refractivity (Wildman–Crippen MR) is 83.4 cm³/mol. The molecule has 3 aromatic rings. The average Bonchev–Trinajstić information content (AvgIpc) is 2.87. The molecule has 8 heteroatoms. The van der Waals surface area contributed by atoms with Crippen molar-refractivity contribution >= 4 is 43.0 Å². The summed E-state index contributed by atoms with van der Waals surface area (Å²) in [6.07, 6.45) is 1.42. The van der Waals surface area contributed by atoms with Gasteiger partial charge in [-0.05, 0) is 40.2 Å². The van der Waals surface area contributed by atoms with Crippen LogP contribution < -0.4 is 0 Å². The summed E-state index contributed by atoms with van der Waals surface area (Å²) in [5.41, 5.74) is -0.283. The van der Waals surface area contributed by atoms with E-state index in [1.54, 1.807) is 24.3 Å². The lowest BCUT2D eigenvalue weighted by Crippen LogP contribution is -2.18. The van der Waals surface area contributed by atoms with Crippen LogP contribution in [0.1, 0.15) is 10.5 Å². The molecule has 0 aliphatic carbocycles. The Balaban J connectivity index is 2.39. The fraction of sp³-hybridized carbons (Fsp3) is 0. The summed E-state index contributed by atoms with van der Waals surface area (Å²) in [4.78, 5) is 15.5. The molecule has 6 nitrogen and oxygen atoms in total. The van der Waals surface area contributed by atoms with E-state index in [9.17, 15) is 18.3 Å². The van der Waals surface area contributed by atoms with Crippen molar-refractivity contribution in [2.75, 3.05) is 0 Å². The number of aromatic nitrogens is 2. The summed E-state index contributed by atoms with van der Waals surface area (Å²) in [5.74, 6) is -1.34. The molecule has 1 N–H and O–H groups in total. The van der Waals surface area contributed by atoms with Gasteiger partial charge in [0, 0.05) is 16.1 Å². The monoisotopic (exact) mass is 380 g/mol. The lowest BCUT2D eigenvalue weighted by Gasteiger charge is -2.09. The zero-order valence-corrected chi connectivity index (χ0v) is 13.4. The van der Waals surface area contributed by atoms with Crippen molar-refractivity contribution < 1.29 is 18.3 Å². The average molecular weight is 381 g/mol. The van der Waals surface area contributed by atoms with Gasteiger partial charge in [-0.1, -0.05) is 18.2 Å². The third kappa shape index (κ3) is 2.30. The SMILES string of the molecule is O=C(O)c1cc2cc(Br)cnc2n1S(=O)(=O)c1ccccc1. The maximum Gasteiger partial charge on any atom is 0.353 e. The zero-order chi connectivity index (χ0) is 15.9. The van der Waals surface area contributed by atoms with Crippen molar-refractivity contribution in [3.8, 4) is 0 Å². The quantitative estimate of drug-likeness (QED) is 0.754. The molecule has 0 bridgehead atoms. The van der Waals surface area contributed by atoms with Crippen molar-refractivity contribution in [3.63, 3.8) is 0 Å². The Labute approximate surface area is 134 Å². The normalized spacial score (nSPS) is 11.7. The van der Waals surface area contributed by atoms with Crippen molar-refractivity contribution in [2.24, 2.45) is 0 Å². The molecule has 1 aromatic carbocycles. The molecule has 22 heavy (non-hydrogen) atoms. The van der Waals surface area contributed by atoms with Gasteiger partial charge in [0.25, 0.3) is 10.0 Å². The second-order valence-corrected chi connectivity index (χ2v) is 7.19. The largest absolute Gasteiger partial charge is 0.477 e.